The van der Waals surface area contributed by atoms with Crippen LogP contribution in [0.1, 0.15) is 57.4 Å². The first-order valence-electron chi connectivity index (χ1n) is 8.70. The van der Waals surface area contributed by atoms with Crippen molar-refractivity contribution in [2.75, 3.05) is 13.2 Å². The molecule has 2 heteroatoms. The zero-order valence-corrected chi connectivity index (χ0v) is 13.2. The quantitative estimate of drug-likeness (QED) is 0.786. The Labute approximate surface area is 128 Å². The van der Waals surface area contributed by atoms with E-state index in [4.69, 9.17) is 9.47 Å². The summed E-state index contributed by atoms with van der Waals surface area (Å²) in [5.74, 6) is 0.760. The maximum Gasteiger partial charge on any atom is 0.197 e. The number of hydrogen-bond donors (Lipinski definition) is 0. The average Bonchev–Trinajstić information content (AvgIpc) is 2.57. The fraction of sp³-hybridized carbons (Fsp3) is 0.684. The van der Waals surface area contributed by atoms with E-state index in [0.29, 0.717) is 5.92 Å². The third kappa shape index (κ3) is 3.02. The molecule has 0 amide bonds. The summed E-state index contributed by atoms with van der Waals surface area (Å²) in [4.78, 5) is 0. The topological polar surface area (TPSA) is 18.5 Å². The van der Waals surface area contributed by atoms with Gasteiger partial charge >= 0.3 is 0 Å². The van der Waals surface area contributed by atoms with E-state index in [2.05, 4.69) is 37.3 Å². The maximum absolute atomic E-state index is 6.35. The van der Waals surface area contributed by atoms with Crippen LogP contribution in [0, 0.1) is 11.8 Å². The minimum Gasteiger partial charge on any atom is -0.346 e. The van der Waals surface area contributed by atoms with E-state index in [-0.39, 0.29) is 0 Å². The third-order valence-corrected chi connectivity index (χ3v) is 5.15. The highest BCUT2D eigenvalue weighted by atomic mass is 16.7. The van der Waals surface area contributed by atoms with Gasteiger partial charge in [0.05, 0.1) is 13.2 Å². The average molecular weight is 288 g/mol. The lowest BCUT2D eigenvalue weighted by Gasteiger charge is -2.48. The molecule has 21 heavy (non-hydrogen) atoms. The van der Waals surface area contributed by atoms with E-state index in [1.54, 1.807) is 0 Å². The molecule has 0 N–H and O–H groups in total. The van der Waals surface area contributed by atoms with Crippen LogP contribution in [0.25, 0.3) is 0 Å². The standard InChI is InChI=1S/C19H28O2/c1-2-9-16-10-6-7-13-18(16)19(20-14-8-15-21-19)17-11-4-3-5-12-17/h3-5,11-12,16,18H,2,6-10,13-15H2,1H3. The molecule has 3 rings (SSSR count). The number of benzene rings is 1. The zero-order valence-electron chi connectivity index (χ0n) is 13.2. The Balaban J connectivity index is 1.94. The highest BCUT2D eigenvalue weighted by molar-refractivity contribution is 5.22. The molecule has 1 aliphatic carbocycles. The second-order valence-corrected chi connectivity index (χ2v) is 6.52. The van der Waals surface area contributed by atoms with Crippen LogP contribution in [-0.4, -0.2) is 13.2 Å². The molecule has 1 aromatic rings. The van der Waals surface area contributed by atoms with Gasteiger partial charge in [-0.05, 0) is 25.2 Å². The van der Waals surface area contributed by atoms with Crippen molar-refractivity contribution in [2.24, 2.45) is 11.8 Å². The molecule has 2 aliphatic rings. The molecule has 0 aromatic heterocycles. The van der Waals surface area contributed by atoms with Gasteiger partial charge in [0, 0.05) is 11.5 Å². The summed E-state index contributed by atoms with van der Waals surface area (Å²) < 4.78 is 12.7. The number of ether oxygens (including phenoxy) is 2. The number of hydrogen-bond acceptors (Lipinski definition) is 2. The smallest absolute Gasteiger partial charge is 0.197 e. The van der Waals surface area contributed by atoms with Gasteiger partial charge in [-0.15, -0.1) is 0 Å². The Morgan fingerprint density at radius 1 is 1.00 bits per heavy atom. The van der Waals surface area contributed by atoms with Crippen LogP contribution in [0.15, 0.2) is 30.3 Å². The highest BCUT2D eigenvalue weighted by Crippen LogP contribution is 2.48. The Morgan fingerprint density at radius 3 is 2.43 bits per heavy atom. The monoisotopic (exact) mass is 288 g/mol. The van der Waals surface area contributed by atoms with Crippen molar-refractivity contribution < 1.29 is 9.47 Å². The molecule has 0 radical (unpaired) electrons. The molecule has 1 saturated carbocycles. The van der Waals surface area contributed by atoms with E-state index in [9.17, 15) is 0 Å². The summed E-state index contributed by atoms with van der Waals surface area (Å²) in [6.07, 6.45) is 8.81. The van der Waals surface area contributed by atoms with Crippen LogP contribution in [0.3, 0.4) is 0 Å². The Kier molecular flexibility index (Phi) is 4.97. The molecule has 2 nitrogen and oxygen atoms in total. The summed E-state index contributed by atoms with van der Waals surface area (Å²) in [5.41, 5.74) is 1.22. The summed E-state index contributed by atoms with van der Waals surface area (Å²) in [6.45, 7) is 3.94. The molecular formula is C19H28O2. The molecule has 2 atom stereocenters. The van der Waals surface area contributed by atoms with Crippen molar-refractivity contribution in [1.29, 1.82) is 0 Å². The molecule has 116 valence electrons. The van der Waals surface area contributed by atoms with Crippen LogP contribution >= 0.6 is 0 Å². The van der Waals surface area contributed by atoms with Crippen molar-refractivity contribution in [3.8, 4) is 0 Å². The second-order valence-electron chi connectivity index (χ2n) is 6.52. The molecular weight excluding hydrogens is 260 g/mol. The maximum atomic E-state index is 6.35. The molecule has 2 fully saturated rings. The minimum atomic E-state index is -0.486. The molecule has 2 unspecified atom stereocenters. The summed E-state index contributed by atoms with van der Waals surface area (Å²) in [7, 11) is 0. The summed E-state index contributed by atoms with van der Waals surface area (Å²) >= 11 is 0. The lowest BCUT2D eigenvalue weighted by atomic mass is 9.70. The zero-order chi connectivity index (χ0) is 14.5. The minimum absolute atomic E-state index is 0.486. The second kappa shape index (κ2) is 6.93. The van der Waals surface area contributed by atoms with Gasteiger partial charge < -0.3 is 9.47 Å². The lowest BCUT2D eigenvalue weighted by molar-refractivity contribution is -0.316. The van der Waals surface area contributed by atoms with Gasteiger partial charge in [-0.2, -0.15) is 0 Å². The van der Waals surface area contributed by atoms with Gasteiger partial charge in [0.15, 0.2) is 5.79 Å². The predicted molar refractivity (Wildman–Crippen MR) is 85.0 cm³/mol. The van der Waals surface area contributed by atoms with E-state index in [0.717, 1.165) is 25.6 Å². The summed E-state index contributed by atoms with van der Waals surface area (Å²) in [5, 5.41) is 0. The highest BCUT2D eigenvalue weighted by Gasteiger charge is 2.48. The largest absolute Gasteiger partial charge is 0.346 e. The Morgan fingerprint density at radius 2 is 1.71 bits per heavy atom. The van der Waals surface area contributed by atoms with Crippen LogP contribution < -0.4 is 0 Å². The Bertz CT molecular complexity index is 420. The molecule has 0 spiro atoms. The van der Waals surface area contributed by atoms with E-state index in [1.807, 2.05) is 0 Å². The van der Waals surface area contributed by atoms with Crippen molar-refractivity contribution >= 4 is 0 Å². The van der Waals surface area contributed by atoms with Crippen LogP contribution in [-0.2, 0) is 15.3 Å². The van der Waals surface area contributed by atoms with Crippen molar-refractivity contribution in [3.63, 3.8) is 0 Å². The van der Waals surface area contributed by atoms with Crippen LogP contribution in [0.4, 0.5) is 0 Å². The molecule has 0 bridgehead atoms. The van der Waals surface area contributed by atoms with Gasteiger partial charge in [-0.1, -0.05) is 62.9 Å². The van der Waals surface area contributed by atoms with Gasteiger partial charge in [0.1, 0.15) is 0 Å². The fourth-order valence-electron chi connectivity index (χ4n) is 4.24. The molecule has 1 heterocycles. The summed E-state index contributed by atoms with van der Waals surface area (Å²) in [6, 6.07) is 10.7. The first-order valence-corrected chi connectivity index (χ1v) is 8.70. The fourth-order valence-corrected chi connectivity index (χ4v) is 4.24. The molecule has 1 saturated heterocycles. The van der Waals surface area contributed by atoms with Crippen LogP contribution in [0.2, 0.25) is 0 Å². The first-order chi connectivity index (χ1) is 10.4. The Hall–Kier alpha value is -0.860. The first kappa shape index (κ1) is 15.1. The van der Waals surface area contributed by atoms with Gasteiger partial charge in [-0.25, -0.2) is 0 Å². The normalized spacial score (nSPS) is 29.2. The molecule has 1 aromatic carbocycles. The van der Waals surface area contributed by atoms with Gasteiger partial charge in [0.25, 0.3) is 0 Å². The van der Waals surface area contributed by atoms with Crippen molar-refractivity contribution in [1.82, 2.24) is 0 Å². The van der Waals surface area contributed by atoms with E-state index < -0.39 is 5.79 Å². The van der Waals surface area contributed by atoms with E-state index >= 15 is 0 Å². The number of rotatable bonds is 4. The lowest BCUT2D eigenvalue weighted by Crippen LogP contribution is -2.48. The van der Waals surface area contributed by atoms with E-state index in [1.165, 1.54) is 44.1 Å². The van der Waals surface area contributed by atoms with Crippen molar-refractivity contribution in [3.05, 3.63) is 35.9 Å². The SMILES string of the molecule is CCCC1CCCCC1C1(c2ccccc2)OCCCO1. The van der Waals surface area contributed by atoms with Gasteiger partial charge in [0.2, 0.25) is 0 Å². The third-order valence-electron chi connectivity index (χ3n) is 5.15. The van der Waals surface area contributed by atoms with Gasteiger partial charge in [-0.3, -0.25) is 0 Å². The van der Waals surface area contributed by atoms with Crippen LogP contribution in [0.5, 0.6) is 0 Å². The predicted octanol–water partition coefficient (Wildman–Crippen LogP) is 4.88. The van der Waals surface area contributed by atoms with Crippen molar-refractivity contribution in [2.45, 2.75) is 57.7 Å². The molecule has 1 aliphatic heterocycles.